The van der Waals surface area contributed by atoms with Gasteiger partial charge < -0.3 is 16.8 Å². The van der Waals surface area contributed by atoms with Gasteiger partial charge in [-0.25, -0.2) is 0 Å². The summed E-state index contributed by atoms with van der Waals surface area (Å²) in [6.45, 7) is 1.93. The van der Waals surface area contributed by atoms with Gasteiger partial charge in [-0.15, -0.1) is 0 Å². The first-order chi connectivity index (χ1) is 9.47. The Morgan fingerprint density at radius 2 is 1.80 bits per heavy atom. The topological polar surface area (TPSA) is 81.1 Å². The summed E-state index contributed by atoms with van der Waals surface area (Å²) in [7, 11) is 0. The molecule has 0 aromatic heterocycles. The van der Waals surface area contributed by atoms with Crippen LogP contribution >= 0.6 is 15.9 Å². The molecule has 0 aliphatic rings. The Labute approximate surface area is 126 Å². The van der Waals surface area contributed by atoms with E-state index in [0.717, 1.165) is 10.0 Å². The lowest BCUT2D eigenvalue weighted by molar-refractivity contribution is 0.0941. The summed E-state index contributed by atoms with van der Waals surface area (Å²) in [6, 6.07) is 12.6. The number of nitrogen functional groups attached to an aromatic ring is 2. The molecule has 0 aliphatic carbocycles. The molecule has 1 amide bonds. The number of benzene rings is 2. The number of carbonyl (C=O) groups is 1. The van der Waals surface area contributed by atoms with Crippen LogP contribution < -0.4 is 16.8 Å². The van der Waals surface area contributed by atoms with Gasteiger partial charge in [-0.3, -0.25) is 4.79 Å². The smallest absolute Gasteiger partial charge is 0.253 e. The van der Waals surface area contributed by atoms with E-state index in [2.05, 4.69) is 21.2 Å². The SMILES string of the molecule is C[C@@H](NC(=O)c1ccc(N)cc1N)c1ccc(Br)cc1. The van der Waals surface area contributed by atoms with Gasteiger partial charge in [-0.2, -0.15) is 0 Å². The fraction of sp³-hybridized carbons (Fsp3) is 0.133. The van der Waals surface area contributed by atoms with E-state index in [-0.39, 0.29) is 11.9 Å². The third-order valence-electron chi connectivity index (χ3n) is 3.04. The van der Waals surface area contributed by atoms with Crippen LogP contribution in [0.4, 0.5) is 11.4 Å². The van der Waals surface area contributed by atoms with Gasteiger partial charge in [0.2, 0.25) is 0 Å². The highest BCUT2D eigenvalue weighted by Gasteiger charge is 2.13. The Balaban J connectivity index is 2.13. The molecule has 0 saturated heterocycles. The molecule has 0 saturated carbocycles. The summed E-state index contributed by atoms with van der Waals surface area (Å²) in [4.78, 5) is 12.2. The highest BCUT2D eigenvalue weighted by Crippen LogP contribution is 2.19. The van der Waals surface area contributed by atoms with Gasteiger partial charge in [0.25, 0.3) is 5.91 Å². The lowest BCUT2D eigenvalue weighted by atomic mass is 10.1. The largest absolute Gasteiger partial charge is 0.399 e. The molecule has 5 heteroatoms. The molecule has 0 bridgehead atoms. The summed E-state index contributed by atoms with van der Waals surface area (Å²) in [5, 5.41) is 2.92. The molecular weight excluding hydrogens is 318 g/mol. The fourth-order valence-corrected chi connectivity index (χ4v) is 2.16. The highest BCUT2D eigenvalue weighted by molar-refractivity contribution is 9.10. The zero-order chi connectivity index (χ0) is 14.7. The van der Waals surface area contributed by atoms with Crippen molar-refractivity contribution >= 4 is 33.2 Å². The Morgan fingerprint density at radius 3 is 2.40 bits per heavy atom. The van der Waals surface area contributed by atoms with Gasteiger partial charge in [-0.05, 0) is 42.8 Å². The zero-order valence-corrected chi connectivity index (χ0v) is 12.6. The molecule has 2 aromatic carbocycles. The molecule has 0 heterocycles. The second-order valence-electron chi connectivity index (χ2n) is 4.59. The van der Waals surface area contributed by atoms with Crippen molar-refractivity contribution in [3.05, 3.63) is 58.1 Å². The van der Waals surface area contributed by atoms with Crippen molar-refractivity contribution in [3.63, 3.8) is 0 Å². The first-order valence-electron chi connectivity index (χ1n) is 6.18. The van der Waals surface area contributed by atoms with Gasteiger partial charge in [-0.1, -0.05) is 28.1 Å². The van der Waals surface area contributed by atoms with Crippen molar-refractivity contribution < 1.29 is 4.79 Å². The Hall–Kier alpha value is -2.01. The molecule has 0 radical (unpaired) electrons. The van der Waals surface area contributed by atoms with Gasteiger partial charge in [0.05, 0.1) is 11.6 Å². The molecule has 20 heavy (non-hydrogen) atoms. The summed E-state index contributed by atoms with van der Waals surface area (Å²) < 4.78 is 1.00. The minimum atomic E-state index is -0.210. The van der Waals surface area contributed by atoms with E-state index in [4.69, 9.17) is 11.5 Å². The summed E-state index contributed by atoms with van der Waals surface area (Å²) in [5.41, 5.74) is 13.8. The van der Waals surface area contributed by atoms with Crippen LogP contribution in [0.15, 0.2) is 46.9 Å². The number of nitrogens with one attached hydrogen (secondary N) is 1. The van der Waals surface area contributed by atoms with Gasteiger partial charge in [0, 0.05) is 15.8 Å². The first-order valence-corrected chi connectivity index (χ1v) is 6.98. The van der Waals surface area contributed by atoms with E-state index in [1.54, 1.807) is 18.2 Å². The molecule has 0 fully saturated rings. The lowest BCUT2D eigenvalue weighted by Crippen LogP contribution is -2.27. The molecule has 0 unspecified atom stereocenters. The average molecular weight is 334 g/mol. The zero-order valence-electron chi connectivity index (χ0n) is 11.1. The molecule has 104 valence electrons. The lowest BCUT2D eigenvalue weighted by Gasteiger charge is -2.15. The van der Waals surface area contributed by atoms with E-state index in [1.807, 2.05) is 31.2 Å². The molecule has 2 aromatic rings. The minimum absolute atomic E-state index is 0.104. The number of anilines is 2. The van der Waals surface area contributed by atoms with E-state index in [0.29, 0.717) is 16.9 Å². The number of carbonyl (C=O) groups excluding carboxylic acids is 1. The van der Waals surface area contributed by atoms with E-state index < -0.39 is 0 Å². The van der Waals surface area contributed by atoms with Crippen LogP contribution in [-0.4, -0.2) is 5.91 Å². The van der Waals surface area contributed by atoms with Crippen LogP contribution in [0.25, 0.3) is 0 Å². The third-order valence-corrected chi connectivity index (χ3v) is 3.57. The Kier molecular flexibility index (Phi) is 4.29. The molecule has 4 nitrogen and oxygen atoms in total. The Bertz CT molecular complexity index is 626. The van der Waals surface area contributed by atoms with Gasteiger partial charge in [0.15, 0.2) is 0 Å². The summed E-state index contributed by atoms with van der Waals surface area (Å²) in [6.07, 6.45) is 0. The van der Waals surface area contributed by atoms with Crippen LogP contribution in [0.1, 0.15) is 28.9 Å². The minimum Gasteiger partial charge on any atom is -0.399 e. The van der Waals surface area contributed by atoms with E-state index >= 15 is 0 Å². The van der Waals surface area contributed by atoms with Crippen LogP contribution in [0, 0.1) is 0 Å². The van der Waals surface area contributed by atoms with Crippen LogP contribution in [0.2, 0.25) is 0 Å². The normalized spacial score (nSPS) is 11.9. The maximum atomic E-state index is 12.2. The number of nitrogens with two attached hydrogens (primary N) is 2. The van der Waals surface area contributed by atoms with Crippen LogP contribution in [0.3, 0.4) is 0 Å². The number of hydrogen-bond acceptors (Lipinski definition) is 3. The maximum absolute atomic E-state index is 12.2. The quantitative estimate of drug-likeness (QED) is 0.755. The number of hydrogen-bond donors (Lipinski definition) is 3. The maximum Gasteiger partial charge on any atom is 0.253 e. The standard InChI is InChI=1S/C15H16BrN3O/c1-9(10-2-4-11(16)5-3-10)19-15(20)13-7-6-12(17)8-14(13)18/h2-9H,17-18H2,1H3,(H,19,20)/t9-/m1/s1. The third kappa shape index (κ3) is 3.30. The summed E-state index contributed by atoms with van der Waals surface area (Å²) in [5.74, 6) is -0.210. The highest BCUT2D eigenvalue weighted by atomic mass is 79.9. The van der Waals surface area contributed by atoms with E-state index in [1.165, 1.54) is 0 Å². The van der Waals surface area contributed by atoms with Crippen molar-refractivity contribution in [1.29, 1.82) is 0 Å². The molecule has 0 spiro atoms. The van der Waals surface area contributed by atoms with Crippen molar-refractivity contribution in [2.24, 2.45) is 0 Å². The second-order valence-corrected chi connectivity index (χ2v) is 5.51. The number of rotatable bonds is 3. The predicted octanol–water partition coefficient (Wildman–Crippen LogP) is 3.10. The average Bonchev–Trinajstić information content (AvgIpc) is 2.39. The summed E-state index contributed by atoms with van der Waals surface area (Å²) >= 11 is 3.38. The second kappa shape index (κ2) is 5.96. The first kappa shape index (κ1) is 14.4. The number of halogens is 1. The van der Waals surface area contributed by atoms with Gasteiger partial charge in [0.1, 0.15) is 0 Å². The van der Waals surface area contributed by atoms with Crippen molar-refractivity contribution in [2.75, 3.05) is 11.5 Å². The van der Waals surface area contributed by atoms with Crippen LogP contribution in [-0.2, 0) is 0 Å². The van der Waals surface area contributed by atoms with Crippen molar-refractivity contribution in [1.82, 2.24) is 5.32 Å². The predicted molar refractivity (Wildman–Crippen MR) is 85.3 cm³/mol. The van der Waals surface area contributed by atoms with Crippen molar-refractivity contribution in [3.8, 4) is 0 Å². The molecule has 0 aliphatic heterocycles. The monoisotopic (exact) mass is 333 g/mol. The fourth-order valence-electron chi connectivity index (χ4n) is 1.90. The van der Waals surface area contributed by atoms with E-state index in [9.17, 15) is 4.79 Å². The number of amides is 1. The molecule has 1 atom stereocenters. The van der Waals surface area contributed by atoms with Crippen LogP contribution in [0.5, 0.6) is 0 Å². The molecule has 2 rings (SSSR count). The van der Waals surface area contributed by atoms with Gasteiger partial charge >= 0.3 is 0 Å². The molecule has 5 N–H and O–H groups in total. The molecular formula is C15H16BrN3O. The Morgan fingerprint density at radius 1 is 1.15 bits per heavy atom. The van der Waals surface area contributed by atoms with Crippen molar-refractivity contribution in [2.45, 2.75) is 13.0 Å².